The number of sulfonamides is 1. The normalized spacial score (nSPS) is 11.8. The maximum atomic E-state index is 12.0. The second-order valence-electron chi connectivity index (χ2n) is 6.43. The fourth-order valence-electron chi connectivity index (χ4n) is 2.60. The number of primary sulfonamides is 1. The van der Waals surface area contributed by atoms with Gasteiger partial charge in [-0.15, -0.1) is 16.4 Å². The highest BCUT2D eigenvalue weighted by molar-refractivity contribution is 7.91. The van der Waals surface area contributed by atoms with E-state index in [4.69, 9.17) is 5.14 Å². The number of hydrogen-bond donors (Lipinski definition) is 2. The highest BCUT2D eigenvalue weighted by Crippen LogP contribution is 2.35. The maximum absolute atomic E-state index is 12.0. The lowest BCUT2D eigenvalue weighted by Crippen LogP contribution is -2.14. The molecule has 138 valence electrons. The maximum Gasteiger partial charge on any atom is 0.248 e. The highest BCUT2D eigenvalue weighted by Gasteiger charge is 2.20. The van der Waals surface area contributed by atoms with E-state index < -0.39 is 10.0 Å². The van der Waals surface area contributed by atoms with E-state index >= 15 is 0 Å². The lowest BCUT2D eigenvalue weighted by atomic mass is 10.0. The summed E-state index contributed by atoms with van der Waals surface area (Å²) in [6.45, 7) is 4.79. The number of thiophene rings is 1. The van der Waals surface area contributed by atoms with Crippen molar-refractivity contribution >= 4 is 21.4 Å². The summed E-state index contributed by atoms with van der Waals surface area (Å²) in [5.41, 5.74) is 5.64. The van der Waals surface area contributed by atoms with E-state index in [-0.39, 0.29) is 4.21 Å². The molecule has 0 aliphatic rings. The average molecular weight is 392 g/mol. The molecule has 3 rings (SSSR count). The van der Waals surface area contributed by atoms with Crippen molar-refractivity contribution in [1.29, 1.82) is 0 Å². The van der Waals surface area contributed by atoms with E-state index in [1.807, 2.05) is 30.3 Å². The summed E-state index contributed by atoms with van der Waals surface area (Å²) in [6, 6.07) is 9.66. The quantitative estimate of drug-likeness (QED) is 0.644. The molecule has 0 radical (unpaired) electrons. The van der Waals surface area contributed by atoms with Crippen molar-refractivity contribution < 1.29 is 8.42 Å². The topological polar surface area (TPSA) is 103 Å². The lowest BCUT2D eigenvalue weighted by molar-refractivity contribution is 0.600. The van der Waals surface area contributed by atoms with Crippen LogP contribution in [-0.2, 0) is 23.0 Å². The van der Waals surface area contributed by atoms with Crippen LogP contribution >= 0.6 is 11.3 Å². The summed E-state index contributed by atoms with van der Waals surface area (Å²) in [6.07, 6.45) is 3.86. The third-order valence-corrected chi connectivity index (χ3v) is 6.38. The number of hydrogen-bond acceptors (Lipinski definition) is 6. The molecule has 0 spiro atoms. The highest BCUT2D eigenvalue weighted by atomic mass is 32.2. The van der Waals surface area contributed by atoms with Crippen LogP contribution in [0.2, 0.25) is 0 Å². The summed E-state index contributed by atoms with van der Waals surface area (Å²) in [4.78, 5) is 6.42. The molecule has 7 nitrogen and oxygen atoms in total. The van der Waals surface area contributed by atoms with Gasteiger partial charge in [-0.2, -0.15) is 4.79 Å². The van der Waals surface area contributed by atoms with Crippen LogP contribution in [0.5, 0.6) is 0 Å². The predicted molar refractivity (Wildman–Crippen MR) is 103 cm³/mol. The van der Waals surface area contributed by atoms with Crippen molar-refractivity contribution in [2.24, 2.45) is 11.1 Å². The molecular formula is C17H21N5O2S2. The Labute approximate surface area is 156 Å². The van der Waals surface area contributed by atoms with Crippen LogP contribution in [0.25, 0.3) is 11.1 Å². The first-order chi connectivity index (χ1) is 12.3. The van der Waals surface area contributed by atoms with Crippen LogP contribution in [0.1, 0.15) is 24.3 Å². The molecule has 0 saturated heterocycles. The fraction of sp³-hybridized carbons (Fsp3) is 0.294. The summed E-state index contributed by atoms with van der Waals surface area (Å²) in [5.74, 6) is 0.445. The molecule has 0 bridgehead atoms. The summed E-state index contributed by atoms with van der Waals surface area (Å²) >= 11 is 1.26. The molecule has 0 amide bonds. The van der Waals surface area contributed by atoms with Crippen molar-refractivity contribution in [1.82, 2.24) is 14.9 Å². The second-order valence-corrected chi connectivity index (χ2v) is 9.32. The van der Waals surface area contributed by atoms with Crippen LogP contribution in [-0.4, -0.2) is 23.3 Å². The minimum atomic E-state index is -3.76. The van der Waals surface area contributed by atoms with Gasteiger partial charge in [-0.1, -0.05) is 38.1 Å². The Kier molecular flexibility index (Phi) is 5.40. The molecule has 0 atom stereocenters. The Morgan fingerprint density at radius 2 is 2.00 bits per heavy atom. The van der Waals surface area contributed by atoms with Gasteiger partial charge in [0.25, 0.3) is 0 Å². The van der Waals surface area contributed by atoms with Gasteiger partial charge in [-0.05, 0) is 29.5 Å². The van der Waals surface area contributed by atoms with Gasteiger partial charge in [0.05, 0.1) is 6.54 Å². The first-order valence-electron chi connectivity index (χ1n) is 8.16. The molecule has 0 aliphatic heterocycles. The predicted octanol–water partition coefficient (Wildman–Crippen LogP) is 2.60. The first-order valence-corrected chi connectivity index (χ1v) is 10.5. The smallest absolute Gasteiger partial charge is 0.248 e. The lowest BCUT2D eigenvalue weighted by Gasteiger charge is -2.07. The third kappa shape index (κ3) is 4.48. The average Bonchev–Trinajstić information content (AvgIpc) is 3.22. The number of aromatic nitrogens is 3. The van der Waals surface area contributed by atoms with Crippen molar-refractivity contribution in [3.8, 4) is 11.1 Å². The molecular weight excluding hydrogens is 370 g/mol. The Morgan fingerprint density at radius 1 is 1.27 bits per heavy atom. The Hall–Kier alpha value is -2.23. The molecule has 0 aliphatic carbocycles. The number of benzene rings is 1. The Bertz CT molecular complexity index is 961. The Morgan fingerprint density at radius 3 is 2.58 bits per heavy atom. The van der Waals surface area contributed by atoms with Crippen molar-refractivity contribution in [3.05, 3.63) is 53.4 Å². The van der Waals surface area contributed by atoms with E-state index in [1.54, 1.807) is 6.33 Å². The van der Waals surface area contributed by atoms with Crippen LogP contribution < -0.4 is 10.6 Å². The minimum Gasteiger partial charge on any atom is -0.304 e. The molecule has 2 aromatic heterocycles. The summed E-state index contributed by atoms with van der Waals surface area (Å²) in [5, 5.41) is 9.40. The molecule has 26 heavy (non-hydrogen) atoms. The van der Waals surface area contributed by atoms with Crippen molar-refractivity contribution in [2.75, 3.05) is 5.43 Å². The number of nitrogens with zero attached hydrogens (tertiary/aromatic N) is 3. The van der Waals surface area contributed by atoms with Crippen LogP contribution in [0.15, 0.2) is 47.2 Å². The van der Waals surface area contributed by atoms with E-state index in [1.165, 1.54) is 22.5 Å². The van der Waals surface area contributed by atoms with Crippen molar-refractivity contribution in [3.63, 3.8) is 0 Å². The first kappa shape index (κ1) is 18.6. The van der Waals surface area contributed by atoms with Crippen LogP contribution in [0.4, 0.5) is 0 Å². The molecule has 2 heterocycles. The minimum absolute atomic E-state index is 0.224. The van der Waals surface area contributed by atoms with E-state index in [2.05, 4.69) is 29.4 Å². The number of rotatable bonds is 7. The zero-order chi connectivity index (χ0) is 18.7. The number of nitrogens with two attached hydrogens (primary N) is 1. The van der Waals surface area contributed by atoms with Gasteiger partial charge in [-0.3, -0.25) is 0 Å². The van der Waals surface area contributed by atoms with Gasteiger partial charge in [0.15, 0.2) is 0 Å². The molecule has 3 aromatic rings. The largest absolute Gasteiger partial charge is 0.304 e. The van der Waals surface area contributed by atoms with Crippen LogP contribution in [0.3, 0.4) is 0 Å². The molecule has 0 fully saturated rings. The van der Waals surface area contributed by atoms with Gasteiger partial charge >= 0.3 is 0 Å². The summed E-state index contributed by atoms with van der Waals surface area (Å²) in [7, 11) is -3.76. The van der Waals surface area contributed by atoms with E-state index in [0.717, 1.165) is 22.4 Å². The van der Waals surface area contributed by atoms with Gasteiger partial charge in [-0.25, -0.2) is 18.5 Å². The molecule has 9 heteroatoms. The fourth-order valence-corrected chi connectivity index (χ4v) is 4.99. The number of nitrogens with one attached hydrogen (secondary N) is 1. The molecule has 1 aromatic carbocycles. The van der Waals surface area contributed by atoms with Gasteiger partial charge in [0, 0.05) is 10.4 Å². The molecule has 0 unspecified atom stereocenters. The Balaban J connectivity index is 1.84. The zero-order valence-corrected chi connectivity index (χ0v) is 16.2. The van der Waals surface area contributed by atoms with Gasteiger partial charge in [0.2, 0.25) is 10.0 Å². The van der Waals surface area contributed by atoms with Gasteiger partial charge < -0.3 is 5.43 Å². The monoisotopic (exact) mass is 391 g/mol. The van der Waals surface area contributed by atoms with Crippen molar-refractivity contribution in [2.45, 2.75) is 31.0 Å². The second kappa shape index (κ2) is 7.56. The standard InChI is InChI=1S/C17H21N5O2S2/c1-12(2)7-15-8-16(17(25-15)26(18,23)24)14-5-3-13(4-6-14)9-20-22-11-19-10-21-22/h3-6,8,10-12,20H,7,9H2,1-2H3,(H2,18,23,24). The van der Waals surface area contributed by atoms with Crippen LogP contribution in [0, 0.1) is 5.92 Å². The summed E-state index contributed by atoms with van der Waals surface area (Å²) < 4.78 is 24.2. The SMILES string of the molecule is CC(C)Cc1cc(-c2ccc(CNn3cncn3)cc2)c(S(N)(=O)=O)s1. The molecule has 0 saturated carbocycles. The third-order valence-electron chi connectivity index (χ3n) is 3.75. The molecule has 3 N–H and O–H groups in total. The van der Waals surface area contributed by atoms with E-state index in [9.17, 15) is 8.42 Å². The van der Waals surface area contributed by atoms with Gasteiger partial charge in [0.1, 0.15) is 16.9 Å². The zero-order valence-electron chi connectivity index (χ0n) is 14.6. The van der Waals surface area contributed by atoms with E-state index in [0.29, 0.717) is 18.0 Å².